The zero-order valence-electron chi connectivity index (χ0n) is 17.3. The number of sulfonamides is 1. The van der Waals surface area contributed by atoms with Gasteiger partial charge in [0.15, 0.2) is 6.10 Å². The van der Waals surface area contributed by atoms with Gasteiger partial charge in [-0.25, -0.2) is 12.8 Å². The number of halogens is 1. The van der Waals surface area contributed by atoms with Crippen molar-refractivity contribution >= 4 is 21.9 Å². The number of benzene rings is 1. The lowest BCUT2D eigenvalue weighted by atomic mass is 9.98. The van der Waals surface area contributed by atoms with Crippen molar-refractivity contribution in [1.82, 2.24) is 9.21 Å². The topological polar surface area (TPSA) is 84.0 Å². The monoisotopic (exact) mass is 440 g/mol. The summed E-state index contributed by atoms with van der Waals surface area (Å²) in [6.07, 6.45) is 3.96. The molecule has 0 unspecified atom stereocenters. The summed E-state index contributed by atoms with van der Waals surface area (Å²) in [4.78, 5) is 26.9. The Labute approximate surface area is 177 Å². The van der Waals surface area contributed by atoms with Gasteiger partial charge in [-0.15, -0.1) is 0 Å². The Hall–Kier alpha value is -2.00. The quantitative estimate of drug-likeness (QED) is 0.657. The molecule has 0 bridgehead atoms. The van der Waals surface area contributed by atoms with E-state index in [1.807, 2.05) is 0 Å². The number of piperidine rings is 1. The van der Waals surface area contributed by atoms with Gasteiger partial charge < -0.3 is 9.64 Å². The molecule has 2 aliphatic heterocycles. The third-order valence-corrected chi connectivity index (χ3v) is 7.71. The van der Waals surface area contributed by atoms with Gasteiger partial charge >= 0.3 is 5.97 Å². The highest BCUT2D eigenvalue weighted by Crippen LogP contribution is 2.25. The smallest absolute Gasteiger partial charge is 0.309 e. The Morgan fingerprint density at radius 1 is 1.00 bits per heavy atom. The van der Waals surface area contributed by atoms with Crippen LogP contribution in [0.15, 0.2) is 29.2 Å². The van der Waals surface area contributed by atoms with E-state index in [0.29, 0.717) is 25.9 Å². The Kier molecular flexibility index (Phi) is 7.46. The normalized spacial score (nSPS) is 20.4. The number of nitrogens with zero attached hydrogens (tertiary/aromatic N) is 2. The van der Waals surface area contributed by atoms with Crippen LogP contribution in [-0.4, -0.2) is 61.8 Å². The van der Waals surface area contributed by atoms with E-state index in [4.69, 9.17) is 4.74 Å². The van der Waals surface area contributed by atoms with Crippen LogP contribution in [0.5, 0.6) is 0 Å². The van der Waals surface area contributed by atoms with Crippen molar-refractivity contribution in [3.63, 3.8) is 0 Å². The Morgan fingerprint density at radius 2 is 1.57 bits per heavy atom. The van der Waals surface area contributed by atoms with Crippen LogP contribution in [0.2, 0.25) is 0 Å². The summed E-state index contributed by atoms with van der Waals surface area (Å²) in [7, 11) is -3.73. The first kappa shape index (κ1) is 22.7. The number of carbonyl (C=O) groups is 2. The summed E-state index contributed by atoms with van der Waals surface area (Å²) in [6.45, 7) is 3.34. The summed E-state index contributed by atoms with van der Waals surface area (Å²) < 4.78 is 45.2. The molecule has 2 saturated heterocycles. The van der Waals surface area contributed by atoms with Gasteiger partial charge in [0.05, 0.1) is 10.8 Å². The van der Waals surface area contributed by atoms with E-state index >= 15 is 0 Å². The molecule has 0 aromatic heterocycles. The van der Waals surface area contributed by atoms with E-state index in [9.17, 15) is 22.4 Å². The standard InChI is InChI=1S/C21H29FN2O5S/c1-16(20(25)23-12-4-2-3-5-13-23)29-21(26)17-10-14-24(15-11-17)30(27,28)19-8-6-18(22)7-9-19/h6-9,16-17H,2-5,10-15H2,1H3/t16-/m1/s1. The van der Waals surface area contributed by atoms with E-state index in [0.717, 1.165) is 37.8 Å². The molecule has 2 aliphatic rings. The maximum atomic E-state index is 13.1. The predicted octanol–water partition coefficient (Wildman–Crippen LogP) is 2.56. The molecule has 0 N–H and O–H groups in total. The molecule has 1 atom stereocenters. The van der Waals surface area contributed by atoms with Crippen molar-refractivity contribution in [3.05, 3.63) is 30.1 Å². The fourth-order valence-electron chi connectivity index (χ4n) is 3.96. The molecular weight excluding hydrogens is 411 g/mol. The lowest BCUT2D eigenvalue weighted by Gasteiger charge is -2.31. The van der Waals surface area contributed by atoms with Crippen LogP contribution < -0.4 is 0 Å². The highest BCUT2D eigenvalue weighted by molar-refractivity contribution is 7.89. The molecule has 166 valence electrons. The number of ether oxygens (including phenoxy) is 1. The number of likely N-dealkylation sites (tertiary alicyclic amines) is 1. The summed E-state index contributed by atoms with van der Waals surface area (Å²) in [5.74, 6) is -1.56. The third-order valence-electron chi connectivity index (χ3n) is 5.80. The van der Waals surface area contributed by atoms with Crippen molar-refractivity contribution in [3.8, 4) is 0 Å². The zero-order valence-corrected chi connectivity index (χ0v) is 18.1. The highest BCUT2D eigenvalue weighted by Gasteiger charge is 2.34. The summed E-state index contributed by atoms with van der Waals surface area (Å²) >= 11 is 0. The van der Waals surface area contributed by atoms with Gasteiger partial charge in [0, 0.05) is 26.2 Å². The minimum Gasteiger partial charge on any atom is -0.452 e. The van der Waals surface area contributed by atoms with Crippen LogP contribution in [0.1, 0.15) is 45.4 Å². The fourth-order valence-corrected chi connectivity index (χ4v) is 5.43. The first-order valence-corrected chi connectivity index (χ1v) is 12.0. The van der Waals surface area contributed by atoms with Gasteiger partial charge in [-0.3, -0.25) is 9.59 Å². The molecule has 3 rings (SSSR count). The second kappa shape index (κ2) is 9.87. The molecule has 0 aliphatic carbocycles. The number of carbonyl (C=O) groups excluding carboxylic acids is 2. The number of esters is 1. The maximum absolute atomic E-state index is 13.1. The van der Waals surface area contributed by atoms with Crippen LogP contribution >= 0.6 is 0 Å². The van der Waals surface area contributed by atoms with Crippen LogP contribution in [0.25, 0.3) is 0 Å². The average molecular weight is 441 g/mol. The summed E-state index contributed by atoms with van der Waals surface area (Å²) in [6, 6.07) is 4.70. The second-order valence-electron chi connectivity index (χ2n) is 7.95. The van der Waals surface area contributed by atoms with E-state index in [1.54, 1.807) is 11.8 Å². The molecule has 0 spiro atoms. The van der Waals surface area contributed by atoms with Gasteiger partial charge in [-0.05, 0) is 56.9 Å². The number of amides is 1. The lowest BCUT2D eigenvalue weighted by Crippen LogP contribution is -2.43. The minimum absolute atomic E-state index is 0.0293. The molecule has 2 fully saturated rings. The fraction of sp³-hybridized carbons (Fsp3) is 0.619. The molecule has 1 amide bonds. The average Bonchev–Trinajstić information content (AvgIpc) is 3.03. The first-order valence-electron chi connectivity index (χ1n) is 10.5. The number of hydrogen-bond acceptors (Lipinski definition) is 5. The van der Waals surface area contributed by atoms with E-state index in [1.165, 1.54) is 16.4 Å². The molecule has 9 heteroatoms. The van der Waals surface area contributed by atoms with Gasteiger partial charge in [0.2, 0.25) is 10.0 Å². The Morgan fingerprint density at radius 3 is 2.13 bits per heavy atom. The molecule has 30 heavy (non-hydrogen) atoms. The van der Waals surface area contributed by atoms with Gasteiger partial charge in [-0.1, -0.05) is 12.8 Å². The molecular formula is C21H29FN2O5S. The first-order chi connectivity index (χ1) is 14.3. The lowest BCUT2D eigenvalue weighted by molar-refractivity contribution is -0.163. The van der Waals surface area contributed by atoms with E-state index in [-0.39, 0.29) is 23.9 Å². The van der Waals surface area contributed by atoms with Gasteiger partial charge in [0.25, 0.3) is 5.91 Å². The van der Waals surface area contributed by atoms with Crippen LogP contribution in [-0.2, 0) is 24.3 Å². The Balaban J connectivity index is 1.52. The molecule has 1 aromatic rings. The van der Waals surface area contributed by atoms with Crippen LogP contribution in [0.3, 0.4) is 0 Å². The zero-order chi connectivity index (χ0) is 21.7. The van der Waals surface area contributed by atoms with Crippen molar-refractivity contribution in [2.24, 2.45) is 5.92 Å². The van der Waals surface area contributed by atoms with Crippen molar-refractivity contribution in [1.29, 1.82) is 0 Å². The SMILES string of the molecule is C[C@@H](OC(=O)C1CCN(S(=O)(=O)c2ccc(F)cc2)CC1)C(=O)N1CCCCCC1. The second-order valence-corrected chi connectivity index (χ2v) is 9.89. The van der Waals surface area contributed by atoms with Gasteiger partial charge in [-0.2, -0.15) is 4.31 Å². The third kappa shape index (κ3) is 5.37. The molecule has 1 aromatic carbocycles. The van der Waals surface area contributed by atoms with Crippen LogP contribution in [0, 0.1) is 11.7 Å². The molecule has 0 radical (unpaired) electrons. The van der Waals surface area contributed by atoms with Crippen molar-refractivity contribution < 1.29 is 27.1 Å². The van der Waals surface area contributed by atoms with E-state index in [2.05, 4.69) is 0 Å². The number of rotatable bonds is 5. The molecule has 7 nitrogen and oxygen atoms in total. The highest BCUT2D eigenvalue weighted by atomic mass is 32.2. The Bertz CT molecular complexity index is 843. The van der Waals surface area contributed by atoms with Crippen molar-refractivity contribution in [2.45, 2.75) is 56.4 Å². The maximum Gasteiger partial charge on any atom is 0.309 e. The number of hydrogen-bond donors (Lipinski definition) is 0. The molecule has 2 heterocycles. The van der Waals surface area contributed by atoms with Gasteiger partial charge in [0.1, 0.15) is 5.82 Å². The summed E-state index contributed by atoms with van der Waals surface area (Å²) in [5.41, 5.74) is 0. The largest absolute Gasteiger partial charge is 0.452 e. The van der Waals surface area contributed by atoms with Crippen LogP contribution in [0.4, 0.5) is 4.39 Å². The van der Waals surface area contributed by atoms with E-state index < -0.39 is 33.8 Å². The summed E-state index contributed by atoms with van der Waals surface area (Å²) in [5, 5.41) is 0. The molecule has 0 saturated carbocycles. The predicted molar refractivity (Wildman–Crippen MR) is 108 cm³/mol. The van der Waals surface area contributed by atoms with Crippen molar-refractivity contribution in [2.75, 3.05) is 26.2 Å². The minimum atomic E-state index is -3.73.